The van der Waals surface area contributed by atoms with Gasteiger partial charge in [-0.15, -0.1) is 0 Å². The minimum Gasteiger partial charge on any atom is -0.396 e. The van der Waals surface area contributed by atoms with Crippen LogP contribution in [0.2, 0.25) is 0 Å². The molecule has 0 amide bonds. The second-order valence-corrected chi connectivity index (χ2v) is 22.9. The third-order valence-electron chi connectivity index (χ3n) is 18.8. The number of rotatable bonds is 10. The zero-order valence-electron chi connectivity index (χ0n) is 40.7. The van der Waals surface area contributed by atoms with E-state index in [1.165, 1.54) is 6.92 Å². The molecular formula is C48H74O24. The van der Waals surface area contributed by atoms with Gasteiger partial charge in [0.25, 0.3) is 0 Å². The summed E-state index contributed by atoms with van der Waals surface area (Å²) in [5.41, 5.74) is -2.83. The largest absolute Gasteiger partial charge is 0.396 e. The highest BCUT2D eigenvalue weighted by atomic mass is 16.8. The first-order valence-corrected chi connectivity index (χ1v) is 25.5. The number of carbonyl (C=O) groups is 1. The van der Waals surface area contributed by atoms with E-state index in [4.69, 9.17) is 47.4 Å². The van der Waals surface area contributed by atoms with Gasteiger partial charge >= 0.3 is 0 Å². The molecule has 3 saturated carbocycles. The molecular weight excluding hydrogens is 961 g/mol. The minimum absolute atomic E-state index is 0.0583. The third kappa shape index (κ3) is 8.33. The monoisotopic (exact) mass is 1030 g/mol. The molecule has 410 valence electrons. The van der Waals surface area contributed by atoms with Gasteiger partial charge in [0, 0.05) is 35.5 Å². The maximum Gasteiger partial charge on any atom is 0.203 e. The van der Waals surface area contributed by atoms with Gasteiger partial charge in [0.1, 0.15) is 78.8 Å². The lowest BCUT2D eigenvalue weighted by atomic mass is 9.46. The van der Waals surface area contributed by atoms with Gasteiger partial charge in [0.15, 0.2) is 30.9 Å². The molecule has 0 aromatic carbocycles. The summed E-state index contributed by atoms with van der Waals surface area (Å²) in [4.78, 5) is 15.0. The highest BCUT2D eigenvalue weighted by molar-refractivity contribution is 5.90. The maximum absolute atomic E-state index is 15.0. The van der Waals surface area contributed by atoms with Crippen molar-refractivity contribution < 1.29 is 119 Å². The van der Waals surface area contributed by atoms with Crippen LogP contribution in [0.25, 0.3) is 0 Å². The Labute approximate surface area is 415 Å². The number of ether oxygens (including phenoxy) is 10. The topological polar surface area (TPSA) is 372 Å². The van der Waals surface area contributed by atoms with Crippen LogP contribution in [-0.4, -0.2) is 246 Å². The number of aliphatic hydroxyl groups is 13. The predicted octanol–water partition coefficient (Wildman–Crippen LogP) is -4.98. The summed E-state index contributed by atoms with van der Waals surface area (Å²) in [6.07, 6.45) is -26.0. The standard InChI is InChI=1S/C48H74O24/c1-17-12-66-48(39(60)29(17)54)23(11-49)28-36(72-48)32(57)27-21-6-5-19-9-20(51)10-26(46(19,4)22(21)7-8-45(27,28)3)68-43-38(35(25(53)14-64-43)69-41-33(58)31(56)24(52)13-63-41)71-42-34(59)37(30(55)18(2)67-42)70-44-40(61)47(62,15-50)16-65-44/h5,17-18,20-31,33-44,49-56,58-62H,6-16H2,1-4H3/t17-,18-,20+,21+,22-,23-,24+,25-,26+,27+,28-,29?,30-,31-,33+,34+,35-,36+,37+,38+,39?,40-,41-,42-,43-,44-,45-,46-,47+,48-/m0/s1. The summed E-state index contributed by atoms with van der Waals surface area (Å²) in [7, 11) is 0. The van der Waals surface area contributed by atoms with Crippen molar-refractivity contribution in [3.05, 3.63) is 11.6 Å². The quantitative estimate of drug-likeness (QED) is 0.0912. The Morgan fingerprint density at radius 1 is 0.736 bits per heavy atom. The van der Waals surface area contributed by atoms with Gasteiger partial charge in [-0.3, -0.25) is 4.79 Å². The van der Waals surface area contributed by atoms with E-state index in [0.717, 1.165) is 5.57 Å². The van der Waals surface area contributed by atoms with Crippen LogP contribution in [0.4, 0.5) is 0 Å². The molecule has 6 saturated heterocycles. The van der Waals surface area contributed by atoms with Gasteiger partial charge in [-0.05, 0) is 49.9 Å². The zero-order valence-corrected chi connectivity index (χ0v) is 40.7. The fourth-order valence-corrected chi connectivity index (χ4v) is 14.6. The highest BCUT2D eigenvalue weighted by Gasteiger charge is 2.76. The molecule has 6 aliphatic heterocycles. The van der Waals surface area contributed by atoms with E-state index in [1.54, 1.807) is 6.92 Å². The first kappa shape index (κ1) is 53.9. The molecule has 0 bridgehead atoms. The van der Waals surface area contributed by atoms with E-state index < -0.39 is 202 Å². The van der Waals surface area contributed by atoms with Crippen LogP contribution >= 0.6 is 0 Å². The van der Waals surface area contributed by atoms with Crippen LogP contribution in [-0.2, 0) is 52.2 Å². The van der Waals surface area contributed by atoms with Gasteiger partial charge in [-0.25, -0.2) is 0 Å². The van der Waals surface area contributed by atoms with Crippen molar-refractivity contribution in [3.8, 4) is 0 Å². The number of ketones is 1. The van der Waals surface area contributed by atoms with Gasteiger partial charge < -0.3 is 114 Å². The van der Waals surface area contributed by atoms with Crippen LogP contribution in [0.1, 0.15) is 59.8 Å². The van der Waals surface area contributed by atoms with Crippen molar-refractivity contribution in [2.24, 2.45) is 46.3 Å². The molecule has 1 spiro atoms. The molecule has 0 aromatic rings. The van der Waals surface area contributed by atoms with Crippen molar-refractivity contribution in [2.45, 2.75) is 194 Å². The molecule has 0 aromatic heterocycles. The number of fused-ring (bicyclic) bond motifs is 7. The summed E-state index contributed by atoms with van der Waals surface area (Å²) in [5, 5.41) is 142. The Hall–Kier alpha value is -1.51. The van der Waals surface area contributed by atoms with Crippen LogP contribution in [0.15, 0.2) is 11.6 Å². The summed E-state index contributed by atoms with van der Waals surface area (Å²) < 4.78 is 61.3. The summed E-state index contributed by atoms with van der Waals surface area (Å²) >= 11 is 0. The van der Waals surface area contributed by atoms with Gasteiger partial charge in [0.05, 0.1) is 64.1 Å². The lowest BCUT2D eigenvalue weighted by molar-refractivity contribution is -0.387. The zero-order chi connectivity index (χ0) is 51.7. The maximum atomic E-state index is 15.0. The van der Waals surface area contributed by atoms with Crippen molar-refractivity contribution in [1.29, 1.82) is 0 Å². The van der Waals surface area contributed by atoms with Crippen LogP contribution in [0, 0.1) is 46.3 Å². The molecule has 2 unspecified atom stereocenters. The van der Waals surface area contributed by atoms with Crippen LogP contribution in [0.3, 0.4) is 0 Å². The fourth-order valence-electron chi connectivity index (χ4n) is 14.6. The number of hydrogen-bond acceptors (Lipinski definition) is 24. The molecule has 4 aliphatic carbocycles. The normalized spacial score (nSPS) is 57.6. The van der Waals surface area contributed by atoms with E-state index in [-0.39, 0.29) is 30.6 Å². The molecule has 24 nitrogen and oxygen atoms in total. The summed E-state index contributed by atoms with van der Waals surface area (Å²) in [6, 6.07) is 0. The van der Waals surface area contributed by atoms with Gasteiger partial charge in [-0.2, -0.15) is 0 Å². The van der Waals surface area contributed by atoms with Crippen LogP contribution in [0.5, 0.6) is 0 Å². The Kier molecular flexibility index (Phi) is 14.8. The van der Waals surface area contributed by atoms with E-state index in [2.05, 4.69) is 0 Å². The lowest BCUT2D eigenvalue weighted by Crippen LogP contribution is -2.66. The molecule has 24 heteroatoms. The molecule has 10 rings (SSSR count). The SMILES string of the molecule is C[C@@H]1O[C@@H](O[C@H]2[C@H](O[C@@H]3C[C@H](O)CC4=CC[C@H]5[C@@H]6C(=O)[C@@H]7O[C@@]8(OC[C@H](C)C(O)C8O)[C@@H](CO)[C@@H]7[C@@]6(C)CC[C@@H]5[C@]43C)OC[C@H](O)[C@@H]2O[C@@H]2OC[C@@H](O)[C@H](O)[C@H]2O)[C@H](O)[C@H](O[C@@H]2OC[C@](O)(CO)[C@H]2O)[C@H]1O. The van der Waals surface area contributed by atoms with E-state index >= 15 is 0 Å². The lowest BCUT2D eigenvalue weighted by Gasteiger charge is -2.60. The summed E-state index contributed by atoms with van der Waals surface area (Å²) in [5.74, 6) is -4.83. The third-order valence-corrected chi connectivity index (χ3v) is 18.8. The fraction of sp³-hybridized carbons (Fsp3) is 0.938. The Morgan fingerprint density at radius 3 is 2.14 bits per heavy atom. The van der Waals surface area contributed by atoms with Gasteiger partial charge in [0.2, 0.25) is 5.79 Å². The Balaban J connectivity index is 0.944. The van der Waals surface area contributed by atoms with Gasteiger partial charge in [-0.1, -0.05) is 32.4 Å². The van der Waals surface area contributed by atoms with Crippen molar-refractivity contribution >= 4 is 5.78 Å². The summed E-state index contributed by atoms with van der Waals surface area (Å²) in [6.45, 7) is 4.48. The van der Waals surface area contributed by atoms with E-state index in [9.17, 15) is 71.2 Å². The molecule has 30 atom stereocenters. The van der Waals surface area contributed by atoms with Crippen molar-refractivity contribution in [1.82, 2.24) is 0 Å². The van der Waals surface area contributed by atoms with Crippen molar-refractivity contribution in [2.75, 3.05) is 39.6 Å². The first-order valence-electron chi connectivity index (χ1n) is 25.5. The molecule has 72 heavy (non-hydrogen) atoms. The minimum atomic E-state index is -2.10. The van der Waals surface area contributed by atoms with Crippen molar-refractivity contribution in [3.63, 3.8) is 0 Å². The predicted molar refractivity (Wildman–Crippen MR) is 235 cm³/mol. The number of carbonyl (C=O) groups excluding carboxylic acids is 1. The first-order chi connectivity index (χ1) is 34.0. The van der Waals surface area contributed by atoms with E-state index in [1.807, 2.05) is 19.9 Å². The molecule has 9 fully saturated rings. The highest BCUT2D eigenvalue weighted by Crippen LogP contribution is 2.70. The number of aliphatic hydroxyl groups excluding tert-OH is 12. The molecule has 10 aliphatic rings. The van der Waals surface area contributed by atoms with Crippen LogP contribution < -0.4 is 0 Å². The average molecular weight is 1040 g/mol. The smallest absolute Gasteiger partial charge is 0.203 e. The Morgan fingerprint density at radius 2 is 1.43 bits per heavy atom. The molecule has 0 radical (unpaired) electrons. The second-order valence-electron chi connectivity index (χ2n) is 22.9. The Bertz CT molecular complexity index is 2000. The second kappa shape index (κ2) is 19.7. The number of allylic oxidation sites excluding steroid dienone is 1. The number of Topliss-reactive ketones (excluding diaryl/α,β-unsaturated/α-hetero) is 1. The number of hydrogen-bond donors (Lipinski definition) is 13. The molecule has 6 heterocycles. The molecule has 13 N–H and O–H groups in total. The van der Waals surface area contributed by atoms with E-state index in [0.29, 0.717) is 25.7 Å². The average Bonchev–Trinajstić information content (AvgIpc) is 3.92.